The van der Waals surface area contributed by atoms with E-state index in [1.807, 2.05) is 41.0 Å². The van der Waals surface area contributed by atoms with E-state index < -0.39 is 11.7 Å². The zero-order chi connectivity index (χ0) is 18.7. The molecule has 1 heterocycles. The smallest absolute Gasteiger partial charge is 0.368 e. The summed E-state index contributed by atoms with van der Waals surface area (Å²) in [4.78, 5) is 16.3. The maximum absolute atomic E-state index is 12.6. The van der Waals surface area contributed by atoms with Crippen molar-refractivity contribution in [1.82, 2.24) is 4.90 Å². The molecule has 0 N–H and O–H groups in total. The number of alkyl halides is 3. The third kappa shape index (κ3) is 4.36. The largest absolute Gasteiger partial charge is 0.416 e. The van der Waals surface area contributed by atoms with E-state index in [1.165, 1.54) is 12.1 Å². The highest BCUT2D eigenvalue weighted by atomic mass is 19.4. The van der Waals surface area contributed by atoms with Crippen LogP contribution in [0.5, 0.6) is 0 Å². The number of anilines is 1. The molecular weight excluding hydrogens is 341 g/mol. The molecule has 0 saturated carbocycles. The van der Waals surface area contributed by atoms with Crippen LogP contribution < -0.4 is 4.90 Å². The summed E-state index contributed by atoms with van der Waals surface area (Å²) < 4.78 is 37.9. The SMILES string of the molecule is Cc1cccc(CC(=O)N2CCN(c3ccc(C(F)(F)F)cc3)CC2)c1. The quantitative estimate of drug-likeness (QED) is 0.827. The van der Waals surface area contributed by atoms with Gasteiger partial charge >= 0.3 is 6.18 Å². The number of halogens is 3. The molecule has 1 saturated heterocycles. The first-order valence-electron chi connectivity index (χ1n) is 8.58. The molecule has 1 aliphatic rings. The molecule has 0 aromatic heterocycles. The van der Waals surface area contributed by atoms with E-state index in [1.54, 1.807) is 0 Å². The van der Waals surface area contributed by atoms with Gasteiger partial charge in [-0.1, -0.05) is 29.8 Å². The number of carbonyl (C=O) groups excluding carboxylic acids is 1. The molecule has 0 aliphatic carbocycles. The van der Waals surface area contributed by atoms with Gasteiger partial charge in [0.25, 0.3) is 0 Å². The molecule has 3 nitrogen and oxygen atoms in total. The number of nitrogens with zero attached hydrogens (tertiary/aromatic N) is 2. The second kappa shape index (κ2) is 7.40. The Kier molecular flexibility index (Phi) is 5.20. The van der Waals surface area contributed by atoms with Gasteiger partial charge in [0.05, 0.1) is 12.0 Å². The van der Waals surface area contributed by atoms with Gasteiger partial charge in [-0.2, -0.15) is 13.2 Å². The molecule has 2 aromatic carbocycles. The maximum atomic E-state index is 12.6. The van der Waals surface area contributed by atoms with Crippen LogP contribution in [0.25, 0.3) is 0 Å². The van der Waals surface area contributed by atoms with Crippen LogP contribution in [0.1, 0.15) is 16.7 Å². The predicted molar refractivity (Wildman–Crippen MR) is 95.1 cm³/mol. The molecule has 0 atom stereocenters. The van der Waals surface area contributed by atoms with Gasteiger partial charge in [-0.05, 0) is 36.8 Å². The Labute approximate surface area is 151 Å². The van der Waals surface area contributed by atoms with Gasteiger partial charge in [0.2, 0.25) is 5.91 Å². The first-order valence-corrected chi connectivity index (χ1v) is 8.58. The van der Waals surface area contributed by atoms with Gasteiger partial charge in [0.15, 0.2) is 0 Å². The van der Waals surface area contributed by atoms with Gasteiger partial charge in [-0.25, -0.2) is 0 Å². The number of benzene rings is 2. The Morgan fingerprint density at radius 2 is 1.65 bits per heavy atom. The van der Waals surface area contributed by atoms with Crippen LogP contribution in [-0.4, -0.2) is 37.0 Å². The summed E-state index contributed by atoms with van der Waals surface area (Å²) in [5.41, 5.74) is 2.24. The van der Waals surface area contributed by atoms with Crippen LogP contribution >= 0.6 is 0 Å². The van der Waals surface area contributed by atoms with Gasteiger partial charge in [0.1, 0.15) is 0 Å². The molecule has 6 heteroatoms. The van der Waals surface area contributed by atoms with Gasteiger partial charge in [-0.15, -0.1) is 0 Å². The van der Waals surface area contributed by atoms with Crippen LogP contribution in [0.4, 0.5) is 18.9 Å². The van der Waals surface area contributed by atoms with Crippen LogP contribution in [0, 0.1) is 6.92 Å². The van der Waals surface area contributed by atoms with Crippen molar-refractivity contribution in [3.8, 4) is 0 Å². The molecule has 138 valence electrons. The maximum Gasteiger partial charge on any atom is 0.416 e. The molecule has 1 fully saturated rings. The number of amides is 1. The van der Waals surface area contributed by atoms with E-state index in [4.69, 9.17) is 0 Å². The van der Waals surface area contributed by atoms with Gasteiger partial charge < -0.3 is 9.80 Å². The minimum atomic E-state index is -4.32. The van der Waals surface area contributed by atoms with Crippen molar-refractivity contribution in [1.29, 1.82) is 0 Å². The number of piperazine rings is 1. The Morgan fingerprint density at radius 1 is 1.00 bits per heavy atom. The molecule has 26 heavy (non-hydrogen) atoms. The highest BCUT2D eigenvalue weighted by Crippen LogP contribution is 2.30. The molecule has 0 radical (unpaired) electrons. The molecule has 2 aromatic rings. The number of hydrogen-bond acceptors (Lipinski definition) is 2. The minimum Gasteiger partial charge on any atom is -0.368 e. The molecular formula is C20H21F3N2O. The van der Waals surface area contributed by atoms with E-state index in [2.05, 4.69) is 0 Å². The van der Waals surface area contributed by atoms with Crippen LogP contribution in [0.2, 0.25) is 0 Å². The van der Waals surface area contributed by atoms with Gasteiger partial charge in [0, 0.05) is 31.9 Å². The standard InChI is InChI=1S/C20H21F3N2O/c1-15-3-2-4-16(13-15)14-19(26)25-11-9-24(10-12-25)18-7-5-17(6-8-18)20(21,22)23/h2-8,13H,9-12,14H2,1H3. The van der Waals surface area contributed by atoms with Gasteiger partial charge in [-0.3, -0.25) is 4.79 Å². The van der Waals surface area contributed by atoms with E-state index in [0.29, 0.717) is 32.6 Å². The number of rotatable bonds is 3. The summed E-state index contributed by atoms with van der Waals surface area (Å²) in [5.74, 6) is 0.0858. The topological polar surface area (TPSA) is 23.6 Å². The van der Waals surface area contributed by atoms with E-state index in [-0.39, 0.29) is 5.91 Å². The van der Waals surface area contributed by atoms with Crippen LogP contribution in [-0.2, 0) is 17.4 Å². The molecule has 1 amide bonds. The Bertz CT molecular complexity index is 763. The summed E-state index contributed by atoms with van der Waals surface area (Å²) >= 11 is 0. The zero-order valence-electron chi connectivity index (χ0n) is 14.6. The van der Waals surface area contributed by atoms with Crippen molar-refractivity contribution >= 4 is 11.6 Å². The summed E-state index contributed by atoms with van der Waals surface area (Å²) in [7, 11) is 0. The fourth-order valence-corrected chi connectivity index (χ4v) is 3.18. The zero-order valence-corrected chi connectivity index (χ0v) is 14.6. The second-order valence-electron chi connectivity index (χ2n) is 6.58. The summed E-state index contributed by atoms with van der Waals surface area (Å²) in [6.07, 6.45) is -3.94. The predicted octanol–water partition coefficient (Wildman–Crippen LogP) is 3.91. The summed E-state index contributed by atoms with van der Waals surface area (Å²) in [5, 5.41) is 0. The highest BCUT2D eigenvalue weighted by Gasteiger charge is 2.30. The van der Waals surface area contributed by atoms with Crippen LogP contribution in [0.15, 0.2) is 48.5 Å². The summed E-state index contributed by atoms with van der Waals surface area (Å²) in [6.45, 7) is 4.38. The van der Waals surface area contributed by atoms with E-state index in [9.17, 15) is 18.0 Å². The molecule has 1 aliphatic heterocycles. The molecule has 3 rings (SSSR count). The number of carbonyl (C=O) groups is 1. The fraction of sp³-hybridized carbons (Fsp3) is 0.350. The first kappa shape index (κ1) is 18.3. The number of hydrogen-bond donors (Lipinski definition) is 0. The van der Waals surface area contributed by atoms with Crippen LogP contribution in [0.3, 0.4) is 0 Å². The monoisotopic (exact) mass is 362 g/mol. The molecule has 0 bridgehead atoms. The summed E-state index contributed by atoms with van der Waals surface area (Å²) in [6, 6.07) is 13.1. The Balaban J connectivity index is 1.56. The third-order valence-corrected chi connectivity index (χ3v) is 4.63. The average Bonchev–Trinajstić information content (AvgIpc) is 2.61. The lowest BCUT2D eigenvalue weighted by molar-refractivity contribution is -0.137. The second-order valence-corrected chi connectivity index (χ2v) is 6.58. The normalized spacial score (nSPS) is 15.2. The average molecular weight is 362 g/mol. The Morgan fingerprint density at radius 3 is 2.23 bits per heavy atom. The van der Waals surface area contributed by atoms with Crippen molar-refractivity contribution < 1.29 is 18.0 Å². The minimum absolute atomic E-state index is 0.0858. The van der Waals surface area contributed by atoms with Crippen molar-refractivity contribution in [3.63, 3.8) is 0 Å². The van der Waals surface area contributed by atoms with E-state index in [0.717, 1.165) is 28.9 Å². The Hall–Kier alpha value is -2.50. The van der Waals surface area contributed by atoms with Crippen molar-refractivity contribution in [2.24, 2.45) is 0 Å². The first-order chi connectivity index (χ1) is 12.3. The molecule has 0 unspecified atom stereocenters. The lowest BCUT2D eigenvalue weighted by atomic mass is 10.1. The number of aryl methyl sites for hydroxylation is 1. The molecule has 0 spiro atoms. The van der Waals surface area contributed by atoms with Crippen molar-refractivity contribution in [2.75, 3.05) is 31.1 Å². The van der Waals surface area contributed by atoms with E-state index >= 15 is 0 Å². The lowest BCUT2D eigenvalue weighted by Crippen LogP contribution is -2.49. The third-order valence-electron chi connectivity index (χ3n) is 4.63. The highest BCUT2D eigenvalue weighted by molar-refractivity contribution is 5.79. The van der Waals surface area contributed by atoms with Crippen molar-refractivity contribution in [2.45, 2.75) is 19.5 Å². The fourth-order valence-electron chi connectivity index (χ4n) is 3.18. The van der Waals surface area contributed by atoms with Crippen molar-refractivity contribution in [3.05, 3.63) is 65.2 Å². The lowest BCUT2D eigenvalue weighted by Gasteiger charge is -2.36.